The Kier molecular flexibility index (Phi) is 5.34. The Labute approximate surface area is 116 Å². The number of hydrogen-bond donors (Lipinski definition) is 1. The molecule has 1 aliphatic heterocycles. The molecular weight excluding hydrogens is 239 g/mol. The van der Waals surface area contributed by atoms with Crippen molar-refractivity contribution in [3.05, 3.63) is 35.6 Å². The van der Waals surface area contributed by atoms with E-state index in [1.807, 2.05) is 6.07 Å². The van der Waals surface area contributed by atoms with Crippen molar-refractivity contribution >= 4 is 0 Å². The van der Waals surface area contributed by atoms with Gasteiger partial charge in [0.1, 0.15) is 5.82 Å². The second kappa shape index (κ2) is 7.01. The van der Waals surface area contributed by atoms with Gasteiger partial charge in [-0.2, -0.15) is 0 Å². The molecule has 1 atom stereocenters. The molecule has 1 fully saturated rings. The summed E-state index contributed by atoms with van der Waals surface area (Å²) < 4.78 is 13.1. The maximum Gasteiger partial charge on any atom is 0.123 e. The molecule has 1 aliphatic rings. The van der Waals surface area contributed by atoms with Crippen molar-refractivity contribution in [2.75, 3.05) is 26.7 Å². The highest BCUT2D eigenvalue weighted by Crippen LogP contribution is 2.19. The lowest BCUT2D eigenvalue weighted by molar-refractivity contribution is 0.211. The third-order valence-electron chi connectivity index (χ3n) is 4.19. The lowest BCUT2D eigenvalue weighted by Crippen LogP contribution is -2.32. The Morgan fingerprint density at radius 2 is 2.11 bits per heavy atom. The molecule has 2 rings (SSSR count). The van der Waals surface area contributed by atoms with Crippen LogP contribution in [0, 0.1) is 11.7 Å². The monoisotopic (exact) mass is 264 g/mol. The lowest BCUT2D eigenvalue weighted by atomic mass is 9.93. The SMILES string of the molecule is CC(NCCC1CCN(C)CC1)c1cccc(F)c1. The first-order chi connectivity index (χ1) is 9.15. The van der Waals surface area contributed by atoms with Crippen LogP contribution < -0.4 is 5.32 Å². The summed E-state index contributed by atoms with van der Waals surface area (Å²) >= 11 is 0. The fourth-order valence-electron chi connectivity index (χ4n) is 2.75. The van der Waals surface area contributed by atoms with Crippen LogP contribution in [0.3, 0.4) is 0 Å². The van der Waals surface area contributed by atoms with Crippen molar-refractivity contribution in [1.82, 2.24) is 10.2 Å². The number of benzene rings is 1. The zero-order chi connectivity index (χ0) is 13.7. The first kappa shape index (κ1) is 14.5. The normalized spacial score (nSPS) is 19.5. The maximum atomic E-state index is 13.1. The molecule has 0 amide bonds. The highest BCUT2D eigenvalue weighted by molar-refractivity contribution is 5.19. The number of likely N-dealkylation sites (tertiary alicyclic amines) is 1. The summed E-state index contributed by atoms with van der Waals surface area (Å²) in [5.41, 5.74) is 1.03. The van der Waals surface area contributed by atoms with Crippen LogP contribution in [0.2, 0.25) is 0 Å². The standard InChI is InChI=1S/C16H25FN2/c1-13(15-4-3-5-16(17)12-15)18-9-6-14-7-10-19(2)11-8-14/h3-5,12-14,18H,6-11H2,1-2H3. The predicted molar refractivity (Wildman–Crippen MR) is 77.7 cm³/mol. The van der Waals surface area contributed by atoms with Crippen LogP contribution in [0.25, 0.3) is 0 Å². The van der Waals surface area contributed by atoms with Gasteiger partial charge in [-0.05, 0) is 76.5 Å². The maximum absolute atomic E-state index is 13.1. The molecule has 1 aromatic carbocycles. The van der Waals surface area contributed by atoms with E-state index in [4.69, 9.17) is 0 Å². The fraction of sp³-hybridized carbons (Fsp3) is 0.625. The average Bonchev–Trinajstić information content (AvgIpc) is 2.41. The second-order valence-corrected chi connectivity index (χ2v) is 5.77. The molecule has 0 bridgehead atoms. The number of piperidine rings is 1. The molecule has 0 spiro atoms. The Balaban J connectivity index is 1.70. The first-order valence-electron chi connectivity index (χ1n) is 7.32. The molecule has 1 unspecified atom stereocenters. The molecule has 2 nitrogen and oxygen atoms in total. The van der Waals surface area contributed by atoms with Gasteiger partial charge in [0.2, 0.25) is 0 Å². The van der Waals surface area contributed by atoms with Gasteiger partial charge in [-0.3, -0.25) is 0 Å². The molecule has 0 saturated carbocycles. The topological polar surface area (TPSA) is 15.3 Å². The Morgan fingerprint density at radius 3 is 2.79 bits per heavy atom. The van der Waals surface area contributed by atoms with E-state index >= 15 is 0 Å². The zero-order valence-corrected chi connectivity index (χ0v) is 12.0. The molecule has 1 aromatic rings. The van der Waals surface area contributed by atoms with E-state index in [1.54, 1.807) is 12.1 Å². The molecule has 3 heteroatoms. The molecule has 0 aliphatic carbocycles. The summed E-state index contributed by atoms with van der Waals surface area (Å²) in [6, 6.07) is 7.10. The highest BCUT2D eigenvalue weighted by atomic mass is 19.1. The number of rotatable bonds is 5. The second-order valence-electron chi connectivity index (χ2n) is 5.77. The van der Waals surface area contributed by atoms with E-state index in [-0.39, 0.29) is 11.9 Å². The summed E-state index contributed by atoms with van der Waals surface area (Å²) in [5.74, 6) is 0.699. The van der Waals surface area contributed by atoms with E-state index < -0.39 is 0 Å². The molecule has 1 N–H and O–H groups in total. The number of nitrogens with zero attached hydrogens (tertiary/aromatic N) is 1. The number of nitrogens with one attached hydrogen (secondary N) is 1. The van der Waals surface area contributed by atoms with Crippen LogP contribution in [0.15, 0.2) is 24.3 Å². The van der Waals surface area contributed by atoms with Gasteiger partial charge >= 0.3 is 0 Å². The Bertz CT molecular complexity index is 386. The third kappa shape index (κ3) is 4.59. The molecule has 1 heterocycles. The van der Waals surface area contributed by atoms with E-state index in [0.717, 1.165) is 18.0 Å². The van der Waals surface area contributed by atoms with Crippen LogP contribution in [0.1, 0.15) is 37.8 Å². The largest absolute Gasteiger partial charge is 0.310 e. The van der Waals surface area contributed by atoms with Crippen LogP contribution in [0.5, 0.6) is 0 Å². The van der Waals surface area contributed by atoms with Gasteiger partial charge in [0.05, 0.1) is 0 Å². The third-order valence-corrected chi connectivity index (χ3v) is 4.19. The van der Waals surface area contributed by atoms with Gasteiger partial charge in [0.15, 0.2) is 0 Å². The summed E-state index contributed by atoms with van der Waals surface area (Å²) in [6.45, 7) is 5.57. The summed E-state index contributed by atoms with van der Waals surface area (Å²) in [5, 5.41) is 3.50. The van der Waals surface area contributed by atoms with E-state index in [1.165, 1.54) is 38.4 Å². The molecule has 0 aromatic heterocycles. The highest BCUT2D eigenvalue weighted by Gasteiger charge is 2.16. The van der Waals surface area contributed by atoms with E-state index in [9.17, 15) is 4.39 Å². The van der Waals surface area contributed by atoms with Crippen molar-refractivity contribution in [3.8, 4) is 0 Å². The van der Waals surface area contributed by atoms with Gasteiger partial charge in [-0.25, -0.2) is 4.39 Å². The van der Waals surface area contributed by atoms with Gasteiger partial charge in [0, 0.05) is 6.04 Å². The minimum Gasteiger partial charge on any atom is -0.310 e. The molecular formula is C16H25FN2. The quantitative estimate of drug-likeness (QED) is 0.878. The molecule has 19 heavy (non-hydrogen) atoms. The van der Waals surface area contributed by atoms with Gasteiger partial charge in [0.25, 0.3) is 0 Å². The van der Waals surface area contributed by atoms with Crippen LogP contribution >= 0.6 is 0 Å². The smallest absolute Gasteiger partial charge is 0.123 e. The zero-order valence-electron chi connectivity index (χ0n) is 12.0. The lowest BCUT2D eigenvalue weighted by Gasteiger charge is -2.29. The van der Waals surface area contributed by atoms with Crippen molar-refractivity contribution in [2.24, 2.45) is 5.92 Å². The van der Waals surface area contributed by atoms with E-state index in [2.05, 4.69) is 24.2 Å². The average molecular weight is 264 g/mol. The molecule has 106 valence electrons. The summed E-state index contributed by atoms with van der Waals surface area (Å²) in [6.07, 6.45) is 3.85. The molecule has 0 radical (unpaired) electrons. The van der Waals surface area contributed by atoms with Gasteiger partial charge in [-0.1, -0.05) is 12.1 Å². The Hall–Kier alpha value is -0.930. The predicted octanol–water partition coefficient (Wildman–Crippen LogP) is 3.21. The van der Waals surface area contributed by atoms with Gasteiger partial charge < -0.3 is 10.2 Å². The van der Waals surface area contributed by atoms with Gasteiger partial charge in [-0.15, -0.1) is 0 Å². The minimum atomic E-state index is -0.151. The van der Waals surface area contributed by atoms with Crippen LogP contribution in [-0.2, 0) is 0 Å². The number of hydrogen-bond acceptors (Lipinski definition) is 2. The Morgan fingerprint density at radius 1 is 1.37 bits per heavy atom. The fourth-order valence-corrected chi connectivity index (χ4v) is 2.75. The van der Waals surface area contributed by atoms with Crippen LogP contribution in [0.4, 0.5) is 4.39 Å². The summed E-state index contributed by atoms with van der Waals surface area (Å²) in [4.78, 5) is 2.40. The van der Waals surface area contributed by atoms with Crippen molar-refractivity contribution in [3.63, 3.8) is 0 Å². The van der Waals surface area contributed by atoms with Crippen molar-refractivity contribution in [1.29, 1.82) is 0 Å². The first-order valence-corrected chi connectivity index (χ1v) is 7.32. The van der Waals surface area contributed by atoms with Crippen molar-refractivity contribution in [2.45, 2.75) is 32.2 Å². The van der Waals surface area contributed by atoms with E-state index in [0.29, 0.717) is 0 Å². The van der Waals surface area contributed by atoms with Crippen molar-refractivity contribution < 1.29 is 4.39 Å². The molecule has 1 saturated heterocycles. The minimum absolute atomic E-state index is 0.151. The summed E-state index contributed by atoms with van der Waals surface area (Å²) in [7, 11) is 2.19. The van der Waals surface area contributed by atoms with Crippen LogP contribution in [-0.4, -0.2) is 31.6 Å². The number of halogens is 1.